The molecule has 0 saturated heterocycles. The topological polar surface area (TPSA) is 116 Å². The minimum Gasteiger partial charge on any atom is -0.481 e. The first-order chi connectivity index (χ1) is 12.0. The molecule has 25 heavy (non-hydrogen) atoms. The number of carboxylic acid groups (broad SMARTS) is 1. The van der Waals surface area contributed by atoms with Crippen LogP contribution in [-0.4, -0.2) is 34.1 Å². The van der Waals surface area contributed by atoms with Gasteiger partial charge in [0.25, 0.3) is 5.91 Å². The van der Waals surface area contributed by atoms with Gasteiger partial charge in [-0.3, -0.25) is 19.6 Å². The van der Waals surface area contributed by atoms with E-state index in [-0.39, 0.29) is 0 Å². The van der Waals surface area contributed by atoms with Gasteiger partial charge in [-0.2, -0.15) is 0 Å². The molecule has 0 spiro atoms. The van der Waals surface area contributed by atoms with Crippen LogP contribution in [-0.2, 0) is 20.8 Å². The summed E-state index contributed by atoms with van der Waals surface area (Å²) in [5.41, 5.74) is 2.58. The largest absolute Gasteiger partial charge is 0.481 e. The van der Waals surface area contributed by atoms with Crippen LogP contribution in [0, 0.1) is 11.8 Å². The lowest BCUT2D eigenvalue weighted by atomic mass is 9.78. The average Bonchev–Trinajstić information content (AvgIpc) is 2.65. The monoisotopic (exact) mass is 348 g/mol. The van der Waals surface area contributed by atoms with E-state index in [1.54, 1.807) is 5.48 Å². The summed E-state index contributed by atoms with van der Waals surface area (Å²) in [4.78, 5) is 35.8. The van der Waals surface area contributed by atoms with Gasteiger partial charge in [0.05, 0.1) is 11.8 Å². The minimum atomic E-state index is -0.979. The van der Waals surface area contributed by atoms with Crippen LogP contribution in [0.3, 0.4) is 0 Å². The lowest BCUT2D eigenvalue weighted by Crippen LogP contribution is -2.50. The van der Waals surface area contributed by atoms with E-state index < -0.39 is 35.7 Å². The Morgan fingerprint density at radius 1 is 1.08 bits per heavy atom. The Labute approximate surface area is 146 Å². The highest BCUT2D eigenvalue weighted by Gasteiger charge is 2.37. The highest BCUT2D eigenvalue weighted by atomic mass is 16.5. The molecule has 1 saturated carbocycles. The second kappa shape index (κ2) is 9.17. The first kappa shape index (κ1) is 18.9. The molecule has 2 amide bonds. The van der Waals surface area contributed by atoms with Crippen molar-refractivity contribution in [1.29, 1.82) is 0 Å². The molecule has 0 aliphatic heterocycles. The predicted molar refractivity (Wildman–Crippen MR) is 89.7 cm³/mol. The highest BCUT2D eigenvalue weighted by Crippen LogP contribution is 2.30. The van der Waals surface area contributed by atoms with E-state index in [0.29, 0.717) is 25.7 Å². The summed E-state index contributed by atoms with van der Waals surface area (Å²) in [6, 6.07) is 8.57. The number of hydrogen-bond donors (Lipinski definition) is 4. The third-order valence-electron chi connectivity index (χ3n) is 4.73. The Morgan fingerprint density at radius 2 is 1.72 bits per heavy atom. The second-order valence-electron chi connectivity index (χ2n) is 6.40. The molecule has 1 aromatic rings. The van der Waals surface area contributed by atoms with Gasteiger partial charge in [-0.25, -0.2) is 5.48 Å². The van der Waals surface area contributed by atoms with Crippen LogP contribution >= 0.6 is 0 Å². The van der Waals surface area contributed by atoms with Gasteiger partial charge in [-0.15, -0.1) is 0 Å². The molecule has 1 aromatic carbocycles. The molecule has 0 bridgehead atoms. The van der Waals surface area contributed by atoms with Gasteiger partial charge < -0.3 is 10.4 Å². The van der Waals surface area contributed by atoms with Crippen molar-refractivity contribution in [2.24, 2.45) is 11.8 Å². The van der Waals surface area contributed by atoms with Crippen LogP contribution in [0.25, 0.3) is 0 Å². The molecule has 4 N–H and O–H groups in total. The summed E-state index contributed by atoms with van der Waals surface area (Å²) in [6.45, 7) is 0. The number of carbonyl (C=O) groups excluding carboxylic acids is 2. The maximum atomic E-state index is 12.5. The van der Waals surface area contributed by atoms with Crippen LogP contribution in [0.5, 0.6) is 0 Å². The number of aliphatic carboxylic acids is 1. The van der Waals surface area contributed by atoms with E-state index in [4.69, 9.17) is 5.21 Å². The zero-order valence-corrected chi connectivity index (χ0v) is 14.0. The van der Waals surface area contributed by atoms with E-state index in [9.17, 15) is 19.5 Å². The number of hydrogen-bond acceptors (Lipinski definition) is 4. The van der Waals surface area contributed by atoms with Gasteiger partial charge in [-0.1, -0.05) is 43.2 Å². The average molecular weight is 348 g/mol. The Bertz CT molecular complexity index is 605. The fourth-order valence-corrected chi connectivity index (χ4v) is 3.32. The van der Waals surface area contributed by atoms with Gasteiger partial charge in [-0.05, 0) is 31.2 Å². The van der Waals surface area contributed by atoms with Crippen LogP contribution in [0.2, 0.25) is 0 Å². The van der Waals surface area contributed by atoms with Crippen LogP contribution in [0.4, 0.5) is 0 Å². The molecule has 0 aromatic heterocycles. The molecular weight excluding hydrogens is 324 g/mol. The molecule has 3 unspecified atom stereocenters. The van der Waals surface area contributed by atoms with Gasteiger partial charge in [0.1, 0.15) is 6.04 Å². The summed E-state index contributed by atoms with van der Waals surface area (Å²) >= 11 is 0. The fourth-order valence-electron chi connectivity index (χ4n) is 3.32. The standard InChI is InChI=1S/C18H24N2O5/c21-16(13-8-4-5-9-14(13)18(23)24)19-15(17(22)20-25)11-10-12-6-2-1-3-7-12/h1-3,6-7,13-15,25H,4-5,8-11H2,(H,19,21)(H,20,22)(H,23,24). The van der Waals surface area contributed by atoms with E-state index in [1.807, 2.05) is 30.3 Å². The number of hydroxylamine groups is 1. The number of carbonyl (C=O) groups is 3. The molecule has 2 rings (SSSR count). The Kier molecular flexibility index (Phi) is 6.94. The summed E-state index contributed by atoms with van der Waals surface area (Å²) in [5.74, 6) is -3.48. The molecule has 136 valence electrons. The SMILES string of the molecule is O=C(NO)C(CCc1ccccc1)NC(=O)C1CCCCC1C(=O)O. The van der Waals surface area contributed by atoms with E-state index in [2.05, 4.69) is 5.32 Å². The number of carboxylic acids is 1. The van der Waals surface area contributed by atoms with Crippen molar-refractivity contribution >= 4 is 17.8 Å². The molecule has 1 aliphatic rings. The number of rotatable bonds is 7. The van der Waals surface area contributed by atoms with Crippen molar-refractivity contribution in [3.05, 3.63) is 35.9 Å². The molecule has 7 nitrogen and oxygen atoms in total. The van der Waals surface area contributed by atoms with Crippen molar-refractivity contribution in [1.82, 2.24) is 10.8 Å². The lowest BCUT2D eigenvalue weighted by Gasteiger charge is -2.29. The summed E-state index contributed by atoms with van der Waals surface area (Å²) in [5, 5.41) is 20.8. The Hall–Kier alpha value is -2.41. The van der Waals surface area contributed by atoms with Crippen molar-refractivity contribution in [3.8, 4) is 0 Å². The smallest absolute Gasteiger partial charge is 0.307 e. The minimum absolute atomic E-state index is 0.312. The summed E-state index contributed by atoms with van der Waals surface area (Å²) in [7, 11) is 0. The van der Waals surface area contributed by atoms with E-state index in [0.717, 1.165) is 18.4 Å². The van der Waals surface area contributed by atoms with Crippen molar-refractivity contribution in [2.75, 3.05) is 0 Å². The molecular formula is C18H24N2O5. The van der Waals surface area contributed by atoms with Gasteiger partial charge >= 0.3 is 5.97 Å². The molecule has 1 fully saturated rings. The third-order valence-corrected chi connectivity index (χ3v) is 4.73. The molecule has 1 aliphatic carbocycles. The van der Waals surface area contributed by atoms with Gasteiger partial charge in [0.2, 0.25) is 5.91 Å². The fraction of sp³-hybridized carbons (Fsp3) is 0.500. The lowest BCUT2D eigenvalue weighted by molar-refractivity contribution is -0.149. The first-order valence-corrected chi connectivity index (χ1v) is 8.54. The number of amides is 2. The summed E-state index contributed by atoms with van der Waals surface area (Å²) in [6.07, 6.45) is 3.40. The molecule has 0 radical (unpaired) electrons. The van der Waals surface area contributed by atoms with Crippen LogP contribution < -0.4 is 10.8 Å². The molecule has 3 atom stereocenters. The number of benzene rings is 1. The van der Waals surface area contributed by atoms with Crippen LogP contribution in [0.1, 0.15) is 37.7 Å². The number of nitrogens with one attached hydrogen (secondary N) is 2. The summed E-state index contributed by atoms with van der Waals surface area (Å²) < 4.78 is 0. The molecule has 0 heterocycles. The predicted octanol–water partition coefficient (Wildman–Crippen LogP) is 1.50. The highest BCUT2D eigenvalue weighted by molar-refractivity contribution is 5.90. The Morgan fingerprint density at radius 3 is 2.32 bits per heavy atom. The maximum absolute atomic E-state index is 12.5. The first-order valence-electron chi connectivity index (χ1n) is 8.54. The number of aryl methyl sites for hydroxylation is 1. The zero-order valence-electron chi connectivity index (χ0n) is 14.0. The normalized spacial score (nSPS) is 21.2. The van der Waals surface area contributed by atoms with Crippen molar-refractivity contribution in [2.45, 2.75) is 44.6 Å². The maximum Gasteiger partial charge on any atom is 0.307 e. The zero-order chi connectivity index (χ0) is 18.2. The van der Waals surface area contributed by atoms with Crippen molar-refractivity contribution < 1.29 is 24.7 Å². The molecule has 7 heteroatoms. The van der Waals surface area contributed by atoms with E-state index in [1.165, 1.54) is 0 Å². The third kappa shape index (κ3) is 5.29. The van der Waals surface area contributed by atoms with Crippen LogP contribution in [0.15, 0.2) is 30.3 Å². The quantitative estimate of drug-likeness (QED) is 0.440. The van der Waals surface area contributed by atoms with E-state index >= 15 is 0 Å². The Balaban J connectivity index is 2.01. The van der Waals surface area contributed by atoms with Gasteiger partial charge in [0.15, 0.2) is 0 Å². The van der Waals surface area contributed by atoms with Gasteiger partial charge in [0, 0.05) is 0 Å². The van der Waals surface area contributed by atoms with Crippen molar-refractivity contribution in [3.63, 3.8) is 0 Å². The second-order valence-corrected chi connectivity index (χ2v) is 6.40.